The summed E-state index contributed by atoms with van der Waals surface area (Å²) in [7, 11) is -2.26. The topological polar surface area (TPSA) is 175 Å². The Morgan fingerprint density at radius 2 is 1.52 bits per heavy atom. The Hall–Kier alpha value is -3.23. The maximum Gasteiger partial charge on any atom is 0.306 e. The van der Waals surface area contributed by atoms with Gasteiger partial charge in [-0.15, -0.1) is 0 Å². The number of Topliss-reactive ketones (excluding diaryl/α,β-unsaturated/α-hetero) is 2. The third-order valence-electron chi connectivity index (χ3n) is 7.26. The Labute approximate surface area is 234 Å². The zero-order chi connectivity index (χ0) is 29.8. The van der Waals surface area contributed by atoms with Crippen molar-refractivity contribution in [3.8, 4) is 0 Å². The minimum atomic E-state index is -2.26. The molecule has 3 rings (SSSR count). The fourth-order valence-corrected chi connectivity index (χ4v) is 4.89. The molecule has 0 bridgehead atoms. The molecule has 2 aromatic heterocycles. The Balaban J connectivity index is 2.00. The lowest BCUT2D eigenvalue weighted by Gasteiger charge is -2.37. The molecule has 1 unspecified atom stereocenters. The van der Waals surface area contributed by atoms with E-state index in [0.29, 0.717) is 11.2 Å². The van der Waals surface area contributed by atoms with Crippen molar-refractivity contribution < 1.29 is 37.8 Å². The number of rotatable bonds is 12. The number of carbonyl (C=O) groups is 4. The average Bonchev–Trinajstić information content (AvgIpc) is 3.42. The molecule has 1 aliphatic rings. The Bertz CT molecular complexity index is 1260. The van der Waals surface area contributed by atoms with E-state index in [1.807, 2.05) is 0 Å². The van der Waals surface area contributed by atoms with Gasteiger partial charge in [0.25, 0.3) is 0 Å². The first-order chi connectivity index (χ1) is 18.6. The van der Waals surface area contributed by atoms with Crippen LogP contribution in [0.3, 0.4) is 0 Å². The van der Waals surface area contributed by atoms with Crippen LogP contribution in [0.5, 0.6) is 0 Å². The molecular weight excluding hydrogens is 538 g/mol. The third kappa shape index (κ3) is 7.49. The summed E-state index contributed by atoms with van der Waals surface area (Å²) in [6.45, 7) is 13.3. The molecule has 1 aliphatic heterocycles. The Kier molecular flexibility index (Phi) is 9.79. The lowest BCUT2D eigenvalue weighted by atomic mass is 10.1. The van der Waals surface area contributed by atoms with Gasteiger partial charge in [0.1, 0.15) is 29.5 Å². The van der Waals surface area contributed by atoms with Crippen LogP contribution in [0.4, 0.5) is 5.82 Å². The highest BCUT2D eigenvalue weighted by Gasteiger charge is 2.52. The first kappa shape index (κ1) is 31.3. The smallest absolute Gasteiger partial charge is 0.306 e. The van der Waals surface area contributed by atoms with Gasteiger partial charge in [-0.3, -0.25) is 14.2 Å². The number of nitrogens with two attached hydrogens (primary N) is 1. The molecule has 40 heavy (non-hydrogen) atoms. The summed E-state index contributed by atoms with van der Waals surface area (Å²) in [5.41, 5.74) is 6.62. The summed E-state index contributed by atoms with van der Waals surface area (Å²) in [6, 6.07) is 0. The summed E-state index contributed by atoms with van der Waals surface area (Å²) >= 11 is 0. The van der Waals surface area contributed by atoms with E-state index in [1.54, 1.807) is 4.57 Å². The van der Waals surface area contributed by atoms with Gasteiger partial charge in [0.2, 0.25) is 0 Å². The largest absolute Gasteiger partial charge is 0.455 e. The van der Waals surface area contributed by atoms with Crippen molar-refractivity contribution in [1.29, 1.82) is 0 Å². The standard InChI is InChI=1S/C26H39N5O8Si/c1-15(32)8-10-18(34)38-21-17(12-36-40(6,7)26(3,4)5)37-25(22(21)39-19(35)11-9-16(2)33)31-14-30-20-23(27)28-13-29-24(20)31/h13-14,17,21-22,25H,8-12H2,1-7H3,(H2,27,28,29)/t17-,21?,22+,25-/m1/s1. The van der Waals surface area contributed by atoms with Gasteiger partial charge in [-0.05, 0) is 32.0 Å². The van der Waals surface area contributed by atoms with E-state index in [1.165, 1.54) is 26.5 Å². The summed E-state index contributed by atoms with van der Waals surface area (Å²) in [6.07, 6.45) is -1.65. The maximum atomic E-state index is 12.8. The fourth-order valence-electron chi connectivity index (χ4n) is 3.87. The van der Waals surface area contributed by atoms with Gasteiger partial charge in [-0.1, -0.05) is 20.8 Å². The highest BCUT2D eigenvalue weighted by molar-refractivity contribution is 6.74. The fraction of sp³-hybridized carbons (Fsp3) is 0.654. The number of carbonyl (C=O) groups excluding carboxylic acids is 4. The average molecular weight is 578 g/mol. The summed E-state index contributed by atoms with van der Waals surface area (Å²) in [5.74, 6) is -1.49. The molecule has 0 amide bonds. The molecule has 1 fully saturated rings. The number of imidazole rings is 1. The molecule has 0 spiro atoms. The third-order valence-corrected chi connectivity index (χ3v) is 11.8. The number of fused-ring (bicyclic) bond motifs is 1. The van der Waals surface area contributed by atoms with E-state index in [2.05, 4.69) is 48.8 Å². The molecule has 13 nitrogen and oxygen atoms in total. The maximum absolute atomic E-state index is 12.8. The second kappa shape index (κ2) is 12.5. The Morgan fingerprint density at radius 3 is 2.08 bits per heavy atom. The molecular formula is C26H39N5O8Si. The van der Waals surface area contributed by atoms with Crippen LogP contribution in [0.15, 0.2) is 12.7 Å². The first-order valence-corrected chi connectivity index (χ1v) is 16.1. The molecule has 14 heteroatoms. The van der Waals surface area contributed by atoms with E-state index in [4.69, 9.17) is 24.4 Å². The second-order valence-corrected chi connectivity index (χ2v) is 16.3. The number of anilines is 1. The second-order valence-electron chi connectivity index (χ2n) is 11.5. The van der Waals surface area contributed by atoms with Crippen molar-refractivity contribution in [2.75, 3.05) is 12.3 Å². The molecule has 3 heterocycles. The summed E-state index contributed by atoms with van der Waals surface area (Å²) in [4.78, 5) is 61.1. The number of nitrogen functional groups attached to an aromatic ring is 1. The highest BCUT2D eigenvalue weighted by Crippen LogP contribution is 2.40. The van der Waals surface area contributed by atoms with Gasteiger partial charge in [-0.2, -0.15) is 0 Å². The minimum Gasteiger partial charge on any atom is -0.455 e. The lowest BCUT2D eigenvalue weighted by molar-refractivity contribution is -0.169. The lowest BCUT2D eigenvalue weighted by Crippen LogP contribution is -2.46. The summed E-state index contributed by atoms with van der Waals surface area (Å²) in [5, 5.41) is -0.105. The van der Waals surface area contributed by atoms with E-state index in [-0.39, 0.29) is 54.7 Å². The number of aromatic nitrogens is 4. The number of nitrogens with zero attached hydrogens (tertiary/aromatic N) is 4. The molecule has 4 atom stereocenters. The van der Waals surface area contributed by atoms with E-state index in [0.717, 1.165) is 0 Å². The van der Waals surface area contributed by atoms with Crippen LogP contribution in [-0.2, 0) is 37.8 Å². The van der Waals surface area contributed by atoms with Gasteiger partial charge in [0.15, 0.2) is 38.2 Å². The van der Waals surface area contributed by atoms with E-state index >= 15 is 0 Å². The number of esters is 2. The van der Waals surface area contributed by atoms with Crippen molar-refractivity contribution in [2.24, 2.45) is 0 Å². The minimum absolute atomic E-state index is 0.00415. The van der Waals surface area contributed by atoms with Gasteiger partial charge in [0.05, 0.1) is 25.8 Å². The van der Waals surface area contributed by atoms with Crippen molar-refractivity contribution >= 4 is 48.8 Å². The predicted octanol–water partition coefficient (Wildman–Crippen LogP) is 2.89. The highest BCUT2D eigenvalue weighted by atomic mass is 28.4. The zero-order valence-electron chi connectivity index (χ0n) is 24.1. The van der Waals surface area contributed by atoms with Crippen molar-refractivity contribution in [3.63, 3.8) is 0 Å². The van der Waals surface area contributed by atoms with Crippen LogP contribution in [0, 0.1) is 0 Å². The number of ketones is 2. The molecule has 0 aliphatic carbocycles. The normalized spacial score (nSPS) is 21.4. The quantitative estimate of drug-likeness (QED) is 0.289. The predicted molar refractivity (Wildman–Crippen MR) is 146 cm³/mol. The van der Waals surface area contributed by atoms with Crippen LogP contribution in [0.25, 0.3) is 11.2 Å². The molecule has 2 N–H and O–H groups in total. The van der Waals surface area contributed by atoms with E-state index < -0.39 is 44.8 Å². The summed E-state index contributed by atoms with van der Waals surface area (Å²) < 4.78 is 25.9. The Morgan fingerprint density at radius 1 is 0.950 bits per heavy atom. The van der Waals surface area contributed by atoms with Crippen LogP contribution >= 0.6 is 0 Å². The molecule has 220 valence electrons. The molecule has 0 aromatic carbocycles. The zero-order valence-corrected chi connectivity index (χ0v) is 25.1. The van der Waals surface area contributed by atoms with Crippen molar-refractivity contribution in [3.05, 3.63) is 12.7 Å². The van der Waals surface area contributed by atoms with Gasteiger partial charge >= 0.3 is 11.9 Å². The SMILES string of the molecule is CC(=O)CCC(=O)OC1[C@@H](CO[Si](C)(C)C(C)(C)C)O[C@@H](n2cnc3c(N)ncnc32)[C@H]1OC(=O)CCC(C)=O. The number of ether oxygens (including phenoxy) is 3. The van der Waals surface area contributed by atoms with Gasteiger partial charge in [0, 0.05) is 12.8 Å². The van der Waals surface area contributed by atoms with Crippen molar-refractivity contribution in [1.82, 2.24) is 19.5 Å². The molecule has 0 saturated carbocycles. The number of hydrogen-bond donors (Lipinski definition) is 1. The van der Waals surface area contributed by atoms with Crippen LogP contribution < -0.4 is 5.73 Å². The van der Waals surface area contributed by atoms with Gasteiger partial charge in [-0.25, -0.2) is 15.0 Å². The van der Waals surface area contributed by atoms with Crippen LogP contribution in [0.1, 0.15) is 66.5 Å². The molecule has 1 saturated heterocycles. The monoisotopic (exact) mass is 577 g/mol. The van der Waals surface area contributed by atoms with Crippen LogP contribution in [-0.4, -0.2) is 76.3 Å². The molecule has 0 radical (unpaired) electrons. The van der Waals surface area contributed by atoms with Crippen LogP contribution in [0.2, 0.25) is 18.1 Å². The first-order valence-electron chi connectivity index (χ1n) is 13.2. The van der Waals surface area contributed by atoms with E-state index in [9.17, 15) is 19.2 Å². The van der Waals surface area contributed by atoms with Crippen molar-refractivity contribution in [2.45, 2.75) is 103 Å². The molecule has 2 aromatic rings. The van der Waals surface area contributed by atoms with Gasteiger partial charge < -0.3 is 34.0 Å². The number of hydrogen-bond acceptors (Lipinski definition) is 12.